The fraction of sp³-hybridized carbons (Fsp3) is 0.737. The van der Waals surface area contributed by atoms with Crippen LogP contribution in [0.1, 0.15) is 52.9 Å². The van der Waals surface area contributed by atoms with Gasteiger partial charge in [-0.1, -0.05) is 11.6 Å². The number of nitrogens with zero attached hydrogens (tertiary/aromatic N) is 4. The van der Waals surface area contributed by atoms with Crippen LogP contribution in [0.4, 0.5) is 10.7 Å². The lowest BCUT2D eigenvalue weighted by molar-refractivity contribution is -0.0214. The van der Waals surface area contributed by atoms with Gasteiger partial charge in [0.15, 0.2) is 0 Å². The van der Waals surface area contributed by atoms with Crippen molar-refractivity contribution in [2.75, 3.05) is 19.1 Å². The van der Waals surface area contributed by atoms with Gasteiger partial charge in [-0.05, 0) is 52.9 Å². The Morgan fingerprint density at radius 3 is 2.44 bits per heavy atom. The lowest BCUT2D eigenvalue weighted by Crippen LogP contribution is -2.59. The molecule has 1 aromatic heterocycles. The standard InChI is InChI=1S/C19H29ClN4O3/c1-19(2,3)27-18(25)24-12-7-6-8-13(24)10-14(9-12)23(4)17-21-15(20)11-16(22-17)26-5/h11-14H,6-10H2,1-5H3/t12-,13+,14-. The van der Waals surface area contributed by atoms with E-state index in [4.69, 9.17) is 21.1 Å². The molecule has 3 rings (SSSR count). The fourth-order valence-corrected chi connectivity index (χ4v) is 4.26. The van der Waals surface area contributed by atoms with E-state index in [2.05, 4.69) is 14.9 Å². The van der Waals surface area contributed by atoms with Gasteiger partial charge in [0.1, 0.15) is 10.8 Å². The Kier molecular flexibility index (Phi) is 5.70. The van der Waals surface area contributed by atoms with Crippen molar-refractivity contribution in [1.82, 2.24) is 14.9 Å². The molecule has 150 valence electrons. The van der Waals surface area contributed by atoms with Crippen molar-refractivity contribution in [2.45, 2.75) is 76.6 Å². The van der Waals surface area contributed by atoms with E-state index in [1.807, 2.05) is 32.7 Å². The smallest absolute Gasteiger partial charge is 0.410 e. The lowest BCUT2D eigenvalue weighted by Gasteiger charge is -2.50. The van der Waals surface area contributed by atoms with Crippen molar-refractivity contribution >= 4 is 23.6 Å². The number of anilines is 1. The normalized spacial score (nSPS) is 25.1. The number of amides is 1. The molecule has 3 atom stereocenters. The van der Waals surface area contributed by atoms with Crippen molar-refractivity contribution in [2.24, 2.45) is 0 Å². The number of aromatic nitrogens is 2. The average molecular weight is 397 g/mol. The van der Waals surface area contributed by atoms with E-state index >= 15 is 0 Å². The van der Waals surface area contributed by atoms with E-state index in [1.165, 1.54) is 0 Å². The van der Waals surface area contributed by atoms with E-state index in [9.17, 15) is 4.79 Å². The number of carbonyl (C=O) groups is 1. The van der Waals surface area contributed by atoms with Crippen LogP contribution < -0.4 is 9.64 Å². The van der Waals surface area contributed by atoms with Crippen LogP contribution in [0.25, 0.3) is 0 Å². The highest BCUT2D eigenvalue weighted by atomic mass is 35.5. The number of fused-ring (bicyclic) bond motifs is 2. The Hall–Kier alpha value is -1.76. The van der Waals surface area contributed by atoms with Gasteiger partial charge in [-0.2, -0.15) is 4.98 Å². The molecule has 1 amide bonds. The molecule has 0 aliphatic carbocycles. The highest BCUT2D eigenvalue weighted by Crippen LogP contribution is 2.37. The molecule has 0 radical (unpaired) electrons. The average Bonchev–Trinajstić information content (AvgIpc) is 2.57. The van der Waals surface area contributed by atoms with Crippen LogP contribution >= 0.6 is 11.6 Å². The van der Waals surface area contributed by atoms with Gasteiger partial charge in [0, 0.05) is 31.2 Å². The van der Waals surface area contributed by atoms with Gasteiger partial charge < -0.3 is 19.3 Å². The fourth-order valence-electron chi connectivity index (χ4n) is 4.09. The highest BCUT2D eigenvalue weighted by molar-refractivity contribution is 6.29. The maximum absolute atomic E-state index is 12.7. The summed E-state index contributed by atoms with van der Waals surface area (Å²) in [5.74, 6) is 0.997. The summed E-state index contributed by atoms with van der Waals surface area (Å²) in [6.07, 6.45) is 4.68. The summed E-state index contributed by atoms with van der Waals surface area (Å²) in [7, 11) is 3.54. The molecular weight excluding hydrogens is 368 g/mol. The number of hydrogen-bond donors (Lipinski definition) is 0. The van der Waals surface area contributed by atoms with Gasteiger partial charge in [0.25, 0.3) is 0 Å². The number of piperidine rings is 2. The van der Waals surface area contributed by atoms with Gasteiger partial charge in [-0.25, -0.2) is 9.78 Å². The first-order valence-corrected chi connectivity index (χ1v) is 9.88. The summed E-state index contributed by atoms with van der Waals surface area (Å²) >= 11 is 6.11. The summed E-state index contributed by atoms with van der Waals surface area (Å²) in [6, 6.07) is 2.20. The third-order valence-corrected chi connectivity index (χ3v) is 5.48. The van der Waals surface area contributed by atoms with Gasteiger partial charge in [-0.3, -0.25) is 0 Å². The largest absolute Gasteiger partial charge is 0.481 e. The van der Waals surface area contributed by atoms with Crippen molar-refractivity contribution in [3.8, 4) is 5.88 Å². The zero-order valence-electron chi connectivity index (χ0n) is 16.7. The Morgan fingerprint density at radius 2 is 1.89 bits per heavy atom. The first-order chi connectivity index (χ1) is 12.7. The summed E-state index contributed by atoms with van der Waals surface area (Å²) in [4.78, 5) is 25.5. The first-order valence-electron chi connectivity index (χ1n) is 9.50. The molecule has 8 heteroatoms. The highest BCUT2D eigenvalue weighted by Gasteiger charge is 2.43. The molecule has 3 heterocycles. The van der Waals surface area contributed by atoms with Crippen LogP contribution in [0.15, 0.2) is 6.07 Å². The Labute approximate surface area is 166 Å². The number of hydrogen-bond acceptors (Lipinski definition) is 6. The molecule has 2 saturated heterocycles. The van der Waals surface area contributed by atoms with E-state index in [0.29, 0.717) is 17.0 Å². The van der Waals surface area contributed by atoms with Gasteiger partial charge in [0.05, 0.1) is 7.11 Å². The van der Waals surface area contributed by atoms with Crippen LogP contribution in [0.5, 0.6) is 5.88 Å². The van der Waals surface area contributed by atoms with Crippen LogP contribution in [0.2, 0.25) is 5.15 Å². The molecule has 0 unspecified atom stereocenters. The maximum Gasteiger partial charge on any atom is 0.410 e. The molecule has 0 N–H and O–H groups in total. The summed E-state index contributed by atoms with van der Waals surface area (Å²) in [5, 5.41) is 0.357. The second kappa shape index (κ2) is 7.70. The predicted octanol–water partition coefficient (Wildman–Crippen LogP) is 3.90. The van der Waals surface area contributed by atoms with Crippen molar-refractivity contribution in [1.29, 1.82) is 0 Å². The van der Waals surface area contributed by atoms with E-state index in [-0.39, 0.29) is 24.2 Å². The SMILES string of the molecule is COc1cc(Cl)nc(N(C)[C@@H]2C[C@H]3CCC[C@@H](C2)N3C(=O)OC(C)(C)C)n1. The molecular formula is C19H29ClN4O3. The summed E-state index contributed by atoms with van der Waals surface area (Å²) < 4.78 is 10.9. The first kappa shape index (κ1) is 20.0. The number of ether oxygens (including phenoxy) is 2. The number of rotatable bonds is 3. The minimum absolute atomic E-state index is 0.181. The van der Waals surface area contributed by atoms with E-state index in [0.717, 1.165) is 32.1 Å². The molecule has 0 aromatic carbocycles. The van der Waals surface area contributed by atoms with Gasteiger partial charge in [-0.15, -0.1) is 0 Å². The molecule has 7 nitrogen and oxygen atoms in total. The predicted molar refractivity (Wildman–Crippen MR) is 105 cm³/mol. The third-order valence-electron chi connectivity index (χ3n) is 5.29. The van der Waals surface area contributed by atoms with Crippen LogP contribution in [-0.4, -0.2) is 58.8 Å². The van der Waals surface area contributed by atoms with Crippen LogP contribution in [0.3, 0.4) is 0 Å². The molecule has 2 fully saturated rings. The van der Waals surface area contributed by atoms with Gasteiger partial charge >= 0.3 is 6.09 Å². The monoisotopic (exact) mass is 396 g/mol. The molecule has 2 bridgehead atoms. The molecule has 2 aliphatic heterocycles. The number of methoxy groups -OCH3 is 1. The lowest BCUT2D eigenvalue weighted by atomic mass is 9.81. The molecule has 27 heavy (non-hydrogen) atoms. The zero-order chi connectivity index (χ0) is 19.8. The van der Waals surface area contributed by atoms with Gasteiger partial charge in [0.2, 0.25) is 11.8 Å². The Morgan fingerprint density at radius 1 is 1.26 bits per heavy atom. The zero-order valence-corrected chi connectivity index (χ0v) is 17.5. The Balaban J connectivity index is 1.76. The maximum atomic E-state index is 12.7. The summed E-state index contributed by atoms with van der Waals surface area (Å²) in [5.41, 5.74) is -0.482. The molecule has 0 saturated carbocycles. The topological polar surface area (TPSA) is 67.8 Å². The quantitative estimate of drug-likeness (QED) is 0.722. The molecule has 0 spiro atoms. The van der Waals surface area contributed by atoms with Crippen molar-refractivity contribution in [3.63, 3.8) is 0 Å². The second-order valence-corrected chi connectivity index (χ2v) is 8.78. The minimum Gasteiger partial charge on any atom is -0.481 e. The second-order valence-electron chi connectivity index (χ2n) is 8.40. The molecule has 2 aliphatic rings. The van der Waals surface area contributed by atoms with Crippen molar-refractivity contribution < 1.29 is 14.3 Å². The van der Waals surface area contributed by atoms with Crippen molar-refractivity contribution in [3.05, 3.63) is 11.2 Å². The molecule has 1 aromatic rings. The third kappa shape index (κ3) is 4.57. The van der Waals surface area contributed by atoms with E-state index < -0.39 is 5.60 Å². The summed E-state index contributed by atoms with van der Waals surface area (Å²) in [6.45, 7) is 5.72. The Bertz CT molecular complexity index is 680. The number of halogens is 1. The van der Waals surface area contributed by atoms with Crippen LogP contribution in [-0.2, 0) is 4.74 Å². The minimum atomic E-state index is -0.482. The van der Waals surface area contributed by atoms with E-state index in [1.54, 1.807) is 13.2 Å². The number of carbonyl (C=O) groups excluding carboxylic acids is 1. The van der Waals surface area contributed by atoms with Crippen LogP contribution in [0, 0.1) is 0 Å².